The Bertz CT molecular complexity index is 1180. The van der Waals surface area contributed by atoms with E-state index in [9.17, 15) is 8.42 Å². The van der Waals surface area contributed by atoms with Crippen LogP contribution in [-0.2, 0) is 16.4 Å². The fourth-order valence-electron chi connectivity index (χ4n) is 5.09. The Morgan fingerprint density at radius 2 is 1.69 bits per heavy atom. The Hall–Kier alpha value is -2.56. The van der Waals surface area contributed by atoms with Crippen molar-refractivity contribution in [2.75, 3.05) is 54.1 Å². The minimum Gasteiger partial charge on any atom is -0.497 e. The molecule has 36 heavy (non-hydrogen) atoms. The van der Waals surface area contributed by atoms with Crippen LogP contribution in [0.1, 0.15) is 24.8 Å². The van der Waals surface area contributed by atoms with Crippen LogP contribution in [0.5, 0.6) is 17.2 Å². The Balaban J connectivity index is 1.27. The summed E-state index contributed by atoms with van der Waals surface area (Å²) in [6.07, 6.45) is 3.51. The number of benzene rings is 2. The molecule has 0 saturated carbocycles. The molecule has 4 rings (SSSR count). The van der Waals surface area contributed by atoms with Crippen LogP contribution in [0.2, 0.25) is 0 Å². The van der Waals surface area contributed by atoms with Gasteiger partial charge in [-0.3, -0.25) is 0 Å². The molecule has 1 spiro atoms. The van der Waals surface area contributed by atoms with Crippen LogP contribution >= 0.6 is 12.2 Å². The van der Waals surface area contributed by atoms with Crippen LogP contribution in [0, 0.1) is 5.41 Å². The van der Waals surface area contributed by atoms with E-state index < -0.39 is 10.0 Å². The van der Waals surface area contributed by atoms with Gasteiger partial charge in [-0.25, -0.2) is 8.42 Å². The molecule has 1 N–H and O–H groups in total. The first-order valence-electron chi connectivity index (χ1n) is 12.2. The summed E-state index contributed by atoms with van der Waals surface area (Å²) >= 11 is 5.69. The molecule has 0 aromatic heterocycles. The lowest BCUT2D eigenvalue weighted by atomic mass is 9.78. The number of thiocarbonyl (C=S) groups is 1. The van der Waals surface area contributed by atoms with Gasteiger partial charge >= 0.3 is 0 Å². The van der Waals surface area contributed by atoms with E-state index in [2.05, 4.69) is 10.2 Å². The second-order valence-electron chi connectivity index (χ2n) is 9.43. The van der Waals surface area contributed by atoms with Crippen LogP contribution in [-0.4, -0.2) is 76.8 Å². The van der Waals surface area contributed by atoms with Gasteiger partial charge in [-0.15, -0.1) is 0 Å². The first-order valence-corrected chi connectivity index (χ1v) is 14.0. The van der Waals surface area contributed by atoms with Crippen LogP contribution in [0.25, 0.3) is 0 Å². The fraction of sp³-hybridized carbons (Fsp3) is 0.500. The highest BCUT2D eigenvalue weighted by atomic mass is 32.2. The lowest BCUT2D eigenvalue weighted by Crippen LogP contribution is -2.45. The van der Waals surface area contributed by atoms with E-state index in [0.29, 0.717) is 18.8 Å². The van der Waals surface area contributed by atoms with Gasteiger partial charge in [0.2, 0.25) is 10.0 Å². The first kappa shape index (κ1) is 26.5. The third kappa shape index (κ3) is 5.71. The summed E-state index contributed by atoms with van der Waals surface area (Å²) < 4.78 is 43.8. The number of hydrogen-bond acceptors (Lipinski definition) is 6. The van der Waals surface area contributed by atoms with E-state index in [1.54, 1.807) is 42.8 Å². The van der Waals surface area contributed by atoms with Gasteiger partial charge < -0.3 is 24.4 Å². The maximum Gasteiger partial charge on any atom is 0.243 e. The number of nitrogens with zero attached hydrogens (tertiary/aromatic N) is 2. The maximum absolute atomic E-state index is 13.2. The highest BCUT2D eigenvalue weighted by Crippen LogP contribution is 2.41. The molecule has 2 fully saturated rings. The lowest BCUT2D eigenvalue weighted by Gasteiger charge is -2.38. The minimum absolute atomic E-state index is 0.107. The molecule has 196 valence electrons. The van der Waals surface area contributed by atoms with Crippen molar-refractivity contribution < 1.29 is 22.6 Å². The van der Waals surface area contributed by atoms with Crippen molar-refractivity contribution in [3.8, 4) is 17.2 Å². The number of rotatable bonds is 8. The standard InChI is InChI=1S/C26H35N3O5S2/c1-32-21-5-4-6-22(18-21)36(30,31)29-15-11-26(12-16-29)10-14-28(19-26)25(35)27-13-9-20-7-8-23(33-2)24(17-20)34-3/h4-8,17-18H,9-16,19H2,1-3H3,(H,27,35). The fourth-order valence-corrected chi connectivity index (χ4v) is 6.82. The predicted octanol–water partition coefficient (Wildman–Crippen LogP) is 3.31. The molecule has 8 nitrogen and oxygen atoms in total. The number of methoxy groups -OCH3 is 3. The smallest absolute Gasteiger partial charge is 0.243 e. The third-order valence-corrected chi connectivity index (χ3v) is 9.62. The quantitative estimate of drug-likeness (QED) is 0.518. The molecule has 2 saturated heterocycles. The monoisotopic (exact) mass is 533 g/mol. The maximum atomic E-state index is 13.2. The zero-order valence-corrected chi connectivity index (χ0v) is 22.8. The largest absolute Gasteiger partial charge is 0.497 e. The lowest BCUT2D eigenvalue weighted by molar-refractivity contribution is 0.166. The van der Waals surface area contributed by atoms with Crippen molar-refractivity contribution in [1.82, 2.24) is 14.5 Å². The SMILES string of the molecule is COc1cccc(S(=O)(=O)N2CCC3(CCN(C(=S)NCCc4ccc(OC)c(OC)c4)C3)CC2)c1. The van der Waals surface area contributed by atoms with Crippen molar-refractivity contribution in [3.63, 3.8) is 0 Å². The molecule has 0 bridgehead atoms. The summed E-state index contributed by atoms with van der Waals surface area (Å²) in [5, 5.41) is 4.16. The van der Waals surface area contributed by atoms with Crippen molar-refractivity contribution in [3.05, 3.63) is 48.0 Å². The zero-order chi connectivity index (χ0) is 25.8. The number of sulfonamides is 1. The molecule has 2 aromatic rings. The third-order valence-electron chi connectivity index (χ3n) is 7.33. The van der Waals surface area contributed by atoms with Crippen LogP contribution in [0.15, 0.2) is 47.4 Å². The molecule has 2 aliphatic rings. The summed E-state index contributed by atoms with van der Waals surface area (Å²) in [5.41, 5.74) is 1.25. The molecule has 10 heteroatoms. The Labute approximate surface area is 219 Å². The molecule has 0 aliphatic carbocycles. The van der Waals surface area contributed by atoms with Crippen molar-refractivity contribution >= 4 is 27.4 Å². The molecule has 0 amide bonds. The molecule has 0 unspecified atom stereocenters. The van der Waals surface area contributed by atoms with Gasteiger partial charge in [0.05, 0.1) is 26.2 Å². The van der Waals surface area contributed by atoms with Gasteiger partial charge in [-0.1, -0.05) is 12.1 Å². The summed E-state index contributed by atoms with van der Waals surface area (Å²) in [7, 11) is 1.27. The average Bonchev–Trinajstić information content (AvgIpc) is 3.32. The molecule has 2 heterocycles. The van der Waals surface area contributed by atoms with E-state index in [1.165, 1.54) is 7.11 Å². The van der Waals surface area contributed by atoms with Gasteiger partial charge in [0, 0.05) is 38.8 Å². The highest BCUT2D eigenvalue weighted by Gasteiger charge is 2.43. The van der Waals surface area contributed by atoms with Gasteiger partial charge in [-0.2, -0.15) is 4.31 Å². The molecule has 0 atom stereocenters. The van der Waals surface area contributed by atoms with E-state index in [0.717, 1.165) is 67.5 Å². The van der Waals surface area contributed by atoms with Crippen LogP contribution < -0.4 is 19.5 Å². The number of piperidine rings is 1. The second-order valence-corrected chi connectivity index (χ2v) is 11.8. The van der Waals surface area contributed by atoms with E-state index in [1.807, 2.05) is 18.2 Å². The number of likely N-dealkylation sites (tertiary alicyclic amines) is 1. The van der Waals surface area contributed by atoms with Gasteiger partial charge in [0.1, 0.15) is 5.75 Å². The minimum atomic E-state index is -3.53. The van der Waals surface area contributed by atoms with E-state index in [4.69, 9.17) is 26.4 Å². The highest BCUT2D eigenvalue weighted by molar-refractivity contribution is 7.89. The van der Waals surface area contributed by atoms with Crippen LogP contribution in [0.4, 0.5) is 0 Å². The summed E-state index contributed by atoms with van der Waals surface area (Å²) in [6, 6.07) is 12.6. The first-order chi connectivity index (χ1) is 17.3. The number of hydrogen-bond donors (Lipinski definition) is 1. The molecule has 2 aromatic carbocycles. The average molecular weight is 534 g/mol. The summed E-state index contributed by atoms with van der Waals surface area (Å²) in [4.78, 5) is 2.52. The van der Waals surface area contributed by atoms with Crippen molar-refractivity contribution in [2.45, 2.75) is 30.6 Å². The van der Waals surface area contributed by atoms with Gasteiger partial charge in [0.25, 0.3) is 0 Å². The predicted molar refractivity (Wildman–Crippen MR) is 143 cm³/mol. The normalized spacial score (nSPS) is 17.7. The van der Waals surface area contributed by atoms with Crippen molar-refractivity contribution in [2.24, 2.45) is 5.41 Å². The van der Waals surface area contributed by atoms with Gasteiger partial charge in [0.15, 0.2) is 16.6 Å². The Morgan fingerprint density at radius 1 is 0.972 bits per heavy atom. The summed E-state index contributed by atoms with van der Waals surface area (Å²) in [5.74, 6) is 1.98. The van der Waals surface area contributed by atoms with E-state index >= 15 is 0 Å². The summed E-state index contributed by atoms with van der Waals surface area (Å²) in [6.45, 7) is 3.52. The topological polar surface area (TPSA) is 80.3 Å². The molecule has 2 aliphatic heterocycles. The zero-order valence-electron chi connectivity index (χ0n) is 21.2. The number of ether oxygens (including phenoxy) is 3. The van der Waals surface area contributed by atoms with Crippen LogP contribution in [0.3, 0.4) is 0 Å². The molecule has 0 radical (unpaired) electrons. The Kier molecular flexibility index (Phi) is 8.27. The Morgan fingerprint density at radius 3 is 2.39 bits per heavy atom. The number of nitrogens with one attached hydrogen (secondary N) is 1. The molecular formula is C26H35N3O5S2. The molecular weight excluding hydrogens is 498 g/mol. The second kappa shape index (κ2) is 11.2. The van der Waals surface area contributed by atoms with Crippen molar-refractivity contribution in [1.29, 1.82) is 0 Å². The van der Waals surface area contributed by atoms with Gasteiger partial charge in [-0.05, 0) is 73.1 Å². The van der Waals surface area contributed by atoms with E-state index in [-0.39, 0.29) is 10.3 Å².